The van der Waals surface area contributed by atoms with Gasteiger partial charge in [-0.1, -0.05) is 25.8 Å². The molecule has 0 aliphatic carbocycles. The lowest BCUT2D eigenvalue weighted by molar-refractivity contribution is -0.112. The Morgan fingerprint density at radius 2 is 1.86 bits per heavy atom. The first kappa shape index (κ1) is 15.8. The quantitative estimate of drug-likeness (QED) is 0.547. The molecule has 0 spiro atoms. The molecule has 0 saturated heterocycles. The summed E-state index contributed by atoms with van der Waals surface area (Å²) in [5.41, 5.74) is 0. The molecule has 0 rings (SSSR count). The molecule has 0 aromatic heterocycles. The zero-order chi connectivity index (χ0) is 11.4. The van der Waals surface area contributed by atoms with Gasteiger partial charge < -0.3 is 5.11 Å². The average Bonchev–Trinajstić information content (AvgIpc) is 2.02. The minimum Gasteiger partial charge on any atom is -0.394 e. The van der Waals surface area contributed by atoms with Crippen molar-refractivity contribution in [2.75, 3.05) is 0 Å². The highest BCUT2D eigenvalue weighted by molar-refractivity contribution is 5.87. The van der Waals surface area contributed by atoms with E-state index in [2.05, 4.69) is 6.92 Å². The van der Waals surface area contributed by atoms with Gasteiger partial charge in [-0.05, 0) is 39.7 Å². The maximum absolute atomic E-state index is 10.4. The third kappa shape index (κ3) is 30.1. The molecule has 0 aliphatic rings. The van der Waals surface area contributed by atoms with Gasteiger partial charge in [0.25, 0.3) is 0 Å². The van der Waals surface area contributed by atoms with E-state index in [0.717, 1.165) is 6.42 Å². The molecule has 84 valence electrons. The van der Waals surface area contributed by atoms with Crippen molar-refractivity contribution in [1.29, 1.82) is 0 Å². The number of ketones is 1. The number of rotatable bonds is 5. The summed E-state index contributed by atoms with van der Waals surface area (Å²) in [7, 11) is 0. The summed E-state index contributed by atoms with van der Waals surface area (Å²) in [6.07, 6.45) is 8.21. The maximum Gasteiger partial charge on any atom is 0.152 e. The number of carbonyl (C=O) groups is 1. The molecule has 0 radical (unpaired) electrons. The van der Waals surface area contributed by atoms with Crippen molar-refractivity contribution in [3.05, 3.63) is 12.2 Å². The molecule has 0 unspecified atom stereocenters. The molecule has 0 saturated carbocycles. The summed E-state index contributed by atoms with van der Waals surface area (Å²) in [5.74, 6) is 0.150. The van der Waals surface area contributed by atoms with Gasteiger partial charge in [-0.25, -0.2) is 0 Å². The number of unbranched alkanes of at least 4 members (excludes halogenated alkanes) is 3. The van der Waals surface area contributed by atoms with E-state index in [0.29, 0.717) is 0 Å². The summed E-state index contributed by atoms with van der Waals surface area (Å²) in [6.45, 7) is 7.20. The van der Waals surface area contributed by atoms with Gasteiger partial charge in [-0.3, -0.25) is 4.79 Å². The number of allylic oxidation sites excluding steroid dienone is 2. The van der Waals surface area contributed by atoms with Gasteiger partial charge >= 0.3 is 0 Å². The van der Waals surface area contributed by atoms with Crippen LogP contribution in [0.5, 0.6) is 0 Å². The van der Waals surface area contributed by atoms with E-state index >= 15 is 0 Å². The van der Waals surface area contributed by atoms with Crippen LogP contribution >= 0.6 is 0 Å². The lowest BCUT2D eigenvalue weighted by Crippen LogP contribution is -1.85. The highest BCUT2D eigenvalue weighted by atomic mass is 16.3. The highest BCUT2D eigenvalue weighted by Crippen LogP contribution is 1.99. The third-order valence-electron chi connectivity index (χ3n) is 1.33. The van der Waals surface area contributed by atoms with Crippen LogP contribution in [0, 0.1) is 0 Å². The number of aliphatic hydroxyl groups excluding tert-OH is 1. The summed E-state index contributed by atoms with van der Waals surface area (Å²) in [6, 6.07) is 0. The van der Waals surface area contributed by atoms with E-state index in [1.807, 2.05) is 6.08 Å². The minimum atomic E-state index is -0.167. The van der Waals surface area contributed by atoms with Crippen LogP contribution in [0.4, 0.5) is 0 Å². The van der Waals surface area contributed by atoms with Gasteiger partial charge in [0.05, 0.1) is 0 Å². The first-order valence-corrected chi connectivity index (χ1v) is 5.35. The lowest BCUT2D eigenvalue weighted by atomic mass is 10.2. The van der Waals surface area contributed by atoms with Crippen molar-refractivity contribution in [3.63, 3.8) is 0 Å². The molecule has 0 amide bonds. The number of hydrogen-bond acceptors (Lipinski definition) is 2. The topological polar surface area (TPSA) is 37.3 Å². The van der Waals surface area contributed by atoms with Gasteiger partial charge in [0, 0.05) is 6.10 Å². The fraction of sp³-hybridized carbons (Fsp3) is 0.750. The molecule has 0 aromatic rings. The van der Waals surface area contributed by atoms with E-state index in [9.17, 15) is 4.79 Å². The molecule has 0 atom stereocenters. The molecule has 1 N–H and O–H groups in total. The normalized spacial score (nSPS) is 10.1. The van der Waals surface area contributed by atoms with Crippen molar-refractivity contribution < 1.29 is 9.90 Å². The monoisotopic (exact) mass is 200 g/mol. The Morgan fingerprint density at radius 3 is 2.21 bits per heavy atom. The van der Waals surface area contributed by atoms with E-state index in [-0.39, 0.29) is 11.9 Å². The highest BCUT2D eigenvalue weighted by Gasteiger charge is 1.83. The molecule has 0 fully saturated rings. The van der Waals surface area contributed by atoms with Crippen LogP contribution < -0.4 is 0 Å². The van der Waals surface area contributed by atoms with E-state index in [1.54, 1.807) is 26.8 Å². The summed E-state index contributed by atoms with van der Waals surface area (Å²) in [4.78, 5) is 10.4. The third-order valence-corrected chi connectivity index (χ3v) is 1.33. The molecular weight excluding hydrogens is 176 g/mol. The number of hydrogen-bond donors (Lipinski definition) is 1. The number of aliphatic hydroxyl groups is 1. The van der Waals surface area contributed by atoms with E-state index < -0.39 is 0 Å². The van der Waals surface area contributed by atoms with Crippen molar-refractivity contribution >= 4 is 5.78 Å². The van der Waals surface area contributed by atoms with Gasteiger partial charge in [-0.2, -0.15) is 0 Å². The van der Waals surface area contributed by atoms with Crippen molar-refractivity contribution in [1.82, 2.24) is 0 Å². The molecule has 0 aromatic carbocycles. The first-order valence-electron chi connectivity index (χ1n) is 5.35. The van der Waals surface area contributed by atoms with Crippen LogP contribution in [0.2, 0.25) is 0 Å². The fourth-order valence-corrected chi connectivity index (χ4v) is 0.761. The first-order chi connectivity index (χ1) is 6.50. The van der Waals surface area contributed by atoms with Crippen molar-refractivity contribution in [2.45, 2.75) is 59.5 Å². The molecule has 14 heavy (non-hydrogen) atoms. The molecule has 2 heteroatoms. The molecular formula is C12H24O2. The second kappa shape index (κ2) is 12.4. The Labute approximate surface area is 88.0 Å². The number of carbonyl (C=O) groups excluding carboxylic acids is 1. The summed E-state index contributed by atoms with van der Waals surface area (Å²) >= 11 is 0. The predicted molar refractivity (Wildman–Crippen MR) is 61.3 cm³/mol. The maximum atomic E-state index is 10.4. The Morgan fingerprint density at radius 1 is 1.36 bits per heavy atom. The zero-order valence-corrected chi connectivity index (χ0v) is 9.92. The van der Waals surface area contributed by atoms with Crippen LogP contribution in [-0.2, 0) is 4.79 Å². The van der Waals surface area contributed by atoms with E-state index in [4.69, 9.17) is 5.11 Å². The largest absolute Gasteiger partial charge is 0.394 e. The van der Waals surface area contributed by atoms with E-state index in [1.165, 1.54) is 19.3 Å². The van der Waals surface area contributed by atoms with Crippen LogP contribution in [-0.4, -0.2) is 17.0 Å². The van der Waals surface area contributed by atoms with Gasteiger partial charge in [0.1, 0.15) is 0 Å². The molecule has 0 heterocycles. The fourth-order valence-electron chi connectivity index (χ4n) is 0.761. The Hall–Kier alpha value is -0.630. The Kier molecular flexibility index (Phi) is 14.0. The molecule has 0 bridgehead atoms. The van der Waals surface area contributed by atoms with Crippen molar-refractivity contribution in [3.8, 4) is 0 Å². The SMILES string of the molecule is CC(C)O.CCCCCC=CC(C)=O. The standard InChI is InChI=1S/C9H16O.C3H8O/c1-3-4-5-6-7-8-9(2)10;1-3(2)4/h7-8H,3-6H2,1-2H3;3-4H,1-2H3. The predicted octanol–water partition coefficient (Wildman–Crippen LogP) is 3.10. The van der Waals surface area contributed by atoms with Crippen LogP contribution in [0.3, 0.4) is 0 Å². The smallest absolute Gasteiger partial charge is 0.152 e. The Bertz CT molecular complexity index is 146. The minimum absolute atomic E-state index is 0.150. The Balaban J connectivity index is 0. The molecule has 2 nitrogen and oxygen atoms in total. The van der Waals surface area contributed by atoms with Gasteiger partial charge in [-0.15, -0.1) is 0 Å². The average molecular weight is 200 g/mol. The molecule has 0 aliphatic heterocycles. The summed E-state index contributed by atoms with van der Waals surface area (Å²) < 4.78 is 0. The van der Waals surface area contributed by atoms with Crippen LogP contribution in [0.25, 0.3) is 0 Å². The van der Waals surface area contributed by atoms with Crippen LogP contribution in [0.1, 0.15) is 53.4 Å². The second-order valence-corrected chi connectivity index (χ2v) is 3.60. The van der Waals surface area contributed by atoms with Gasteiger partial charge in [0.2, 0.25) is 0 Å². The van der Waals surface area contributed by atoms with Gasteiger partial charge in [0.15, 0.2) is 5.78 Å². The summed E-state index contributed by atoms with van der Waals surface area (Å²) in [5, 5.41) is 8.06. The van der Waals surface area contributed by atoms with Crippen molar-refractivity contribution in [2.24, 2.45) is 0 Å². The lowest BCUT2D eigenvalue weighted by Gasteiger charge is -1.89. The van der Waals surface area contributed by atoms with Crippen LogP contribution in [0.15, 0.2) is 12.2 Å². The second-order valence-electron chi connectivity index (χ2n) is 3.60. The zero-order valence-electron chi connectivity index (χ0n) is 9.92.